The van der Waals surface area contributed by atoms with Crippen LogP contribution in [0.1, 0.15) is 23.2 Å². The van der Waals surface area contributed by atoms with Gasteiger partial charge in [0.15, 0.2) is 11.7 Å². The molecule has 0 spiro atoms. The first-order valence-electron chi connectivity index (χ1n) is 9.78. The molecule has 0 radical (unpaired) electrons. The number of Topliss-reactive ketones (excluding diaryl/α,β-unsaturated/α-hetero) is 1. The van der Waals surface area contributed by atoms with Crippen molar-refractivity contribution in [3.05, 3.63) is 59.4 Å². The number of benzene rings is 1. The standard InChI is InChI=1S/C22H23N3O6/c1-14-16(3-2-9-23-14)13-31-17-6-4-15(5-7-17)12-25-10-8-18(26)20(22(25)30)21(29)24-11-19(27)28/h2-7,9,20H,8,10-13H2,1H3,(H,24,29)(H,27,28). The Kier molecular flexibility index (Phi) is 6.96. The van der Waals surface area contributed by atoms with E-state index in [1.807, 2.05) is 31.2 Å². The number of pyridine rings is 1. The van der Waals surface area contributed by atoms with Gasteiger partial charge in [0.1, 0.15) is 18.9 Å². The summed E-state index contributed by atoms with van der Waals surface area (Å²) in [6, 6.07) is 11.0. The molecule has 2 aromatic rings. The third-order valence-corrected chi connectivity index (χ3v) is 4.99. The summed E-state index contributed by atoms with van der Waals surface area (Å²) in [6.07, 6.45) is 1.77. The molecular weight excluding hydrogens is 402 g/mol. The van der Waals surface area contributed by atoms with Crippen molar-refractivity contribution in [2.45, 2.75) is 26.5 Å². The van der Waals surface area contributed by atoms with Gasteiger partial charge < -0.3 is 20.1 Å². The lowest BCUT2D eigenvalue weighted by atomic mass is 9.94. The maximum absolute atomic E-state index is 12.7. The Hall–Kier alpha value is -3.75. The summed E-state index contributed by atoms with van der Waals surface area (Å²) >= 11 is 0. The van der Waals surface area contributed by atoms with Crippen molar-refractivity contribution in [3.63, 3.8) is 0 Å². The summed E-state index contributed by atoms with van der Waals surface area (Å²) in [5.41, 5.74) is 2.71. The summed E-state index contributed by atoms with van der Waals surface area (Å²) in [5, 5.41) is 10.8. The first kappa shape index (κ1) is 21.9. The quantitative estimate of drug-likeness (QED) is 0.606. The number of carbonyl (C=O) groups is 4. The predicted molar refractivity (Wildman–Crippen MR) is 109 cm³/mol. The summed E-state index contributed by atoms with van der Waals surface area (Å²) in [4.78, 5) is 53.1. The first-order chi connectivity index (χ1) is 14.8. The van der Waals surface area contributed by atoms with Crippen LogP contribution < -0.4 is 10.1 Å². The molecule has 9 heteroatoms. The fourth-order valence-corrected chi connectivity index (χ4v) is 3.24. The van der Waals surface area contributed by atoms with E-state index in [0.717, 1.165) is 16.8 Å². The smallest absolute Gasteiger partial charge is 0.322 e. The molecule has 3 rings (SSSR count). The number of aliphatic carboxylic acids is 1. The van der Waals surface area contributed by atoms with Gasteiger partial charge in [-0.05, 0) is 30.7 Å². The zero-order valence-electron chi connectivity index (χ0n) is 17.0. The van der Waals surface area contributed by atoms with Crippen LogP contribution in [0.2, 0.25) is 0 Å². The molecule has 1 aliphatic rings. The Morgan fingerprint density at radius 1 is 1.23 bits per heavy atom. The van der Waals surface area contributed by atoms with Gasteiger partial charge in [-0.2, -0.15) is 0 Å². The Bertz CT molecular complexity index is 989. The Morgan fingerprint density at radius 2 is 1.97 bits per heavy atom. The van der Waals surface area contributed by atoms with Crippen LogP contribution in [0.5, 0.6) is 5.75 Å². The normalized spacial score (nSPS) is 16.2. The highest BCUT2D eigenvalue weighted by Crippen LogP contribution is 2.20. The Labute approximate surface area is 179 Å². The Morgan fingerprint density at radius 3 is 2.65 bits per heavy atom. The van der Waals surface area contributed by atoms with Crippen molar-refractivity contribution in [3.8, 4) is 5.75 Å². The van der Waals surface area contributed by atoms with Gasteiger partial charge in [0, 0.05) is 37.0 Å². The summed E-state index contributed by atoms with van der Waals surface area (Å²) in [5.74, 6) is -4.08. The lowest BCUT2D eigenvalue weighted by Gasteiger charge is -2.30. The second-order valence-electron chi connectivity index (χ2n) is 7.20. The van der Waals surface area contributed by atoms with Crippen molar-refractivity contribution in [1.29, 1.82) is 0 Å². The molecule has 1 atom stereocenters. The van der Waals surface area contributed by atoms with E-state index in [4.69, 9.17) is 9.84 Å². The second kappa shape index (κ2) is 9.84. The van der Waals surface area contributed by atoms with Crippen molar-refractivity contribution in [1.82, 2.24) is 15.2 Å². The van der Waals surface area contributed by atoms with Crippen LogP contribution >= 0.6 is 0 Å². The number of aromatic nitrogens is 1. The number of ketones is 1. The maximum atomic E-state index is 12.7. The lowest BCUT2D eigenvalue weighted by Crippen LogP contribution is -2.52. The van der Waals surface area contributed by atoms with E-state index in [2.05, 4.69) is 10.3 Å². The number of nitrogens with zero attached hydrogens (tertiary/aromatic N) is 2. The largest absolute Gasteiger partial charge is 0.489 e. The lowest BCUT2D eigenvalue weighted by molar-refractivity contribution is -0.152. The van der Waals surface area contributed by atoms with Crippen LogP contribution in [-0.2, 0) is 32.3 Å². The highest BCUT2D eigenvalue weighted by Gasteiger charge is 2.40. The fraction of sp³-hybridized carbons (Fsp3) is 0.318. The average Bonchev–Trinajstić information content (AvgIpc) is 2.75. The molecule has 1 fully saturated rings. The number of aryl methyl sites for hydroxylation is 1. The second-order valence-corrected chi connectivity index (χ2v) is 7.20. The SMILES string of the molecule is Cc1ncccc1COc1ccc(CN2CCC(=O)C(C(=O)NCC(=O)O)C2=O)cc1. The maximum Gasteiger partial charge on any atom is 0.322 e. The number of carboxylic acids is 1. The number of amides is 2. The van der Waals surface area contributed by atoms with Crippen molar-refractivity contribution < 1.29 is 29.0 Å². The third kappa shape index (κ3) is 5.65. The van der Waals surface area contributed by atoms with Gasteiger partial charge in [-0.25, -0.2) is 0 Å². The molecule has 1 saturated heterocycles. The molecule has 1 aliphatic heterocycles. The molecule has 0 bridgehead atoms. The molecule has 1 aromatic heterocycles. The first-order valence-corrected chi connectivity index (χ1v) is 9.78. The minimum absolute atomic E-state index is 0.0442. The molecule has 9 nitrogen and oxygen atoms in total. The number of likely N-dealkylation sites (tertiary alicyclic amines) is 1. The van der Waals surface area contributed by atoms with E-state index >= 15 is 0 Å². The number of hydrogen-bond donors (Lipinski definition) is 2. The van der Waals surface area contributed by atoms with Crippen LogP contribution in [0, 0.1) is 12.8 Å². The molecule has 31 heavy (non-hydrogen) atoms. The van der Waals surface area contributed by atoms with E-state index < -0.39 is 36.0 Å². The summed E-state index contributed by atoms with van der Waals surface area (Å²) in [6.45, 7) is 2.10. The number of carboxylic acid groups (broad SMARTS) is 1. The van der Waals surface area contributed by atoms with Crippen LogP contribution in [0.3, 0.4) is 0 Å². The van der Waals surface area contributed by atoms with Crippen LogP contribution in [0.25, 0.3) is 0 Å². The van der Waals surface area contributed by atoms with Crippen molar-refractivity contribution in [2.24, 2.45) is 5.92 Å². The molecular formula is C22H23N3O6. The molecule has 2 heterocycles. The number of rotatable bonds is 8. The van der Waals surface area contributed by atoms with E-state index in [-0.39, 0.29) is 19.5 Å². The number of carbonyl (C=O) groups excluding carboxylic acids is 3. The molecule has 1 unspecified atom stereocenters. The average molecular weight is 425 g/mol. The zero-order chi connectivity index (χ0) is 22.4. The molecule has 2 N–H and O–H groups in total. The molecule has 0 saturated carbocycles. The highest BCUT2D eigenvalue weighted by atomic mass is 16.5. The third-order valence-electron chi connectivity index (χ3n) is 4.99. The highest BCUT2D eigenvalue weighted by molar-refractivity contribution is 6.19. The van der Waals surface area contributed by atoms with Gasteiger partial charge >= 0.3 is 5.97 Å². The number of nitrogens with one attached hydrogen (secondary N) is 1. The van der Waals surface area contributed by atoms with E-state index in [9.17, 15) is 19.2 Å². The van der Waals surface area contributed by atoms with Crippen LogP contribution in [0.15, 0.2) is 42.6 Å². The van der Waals surface area contributed by atoms with Gasteiger partial charge in [0.25, 0.3) is 0 Å². The van der Waals surface area contributed by atoms with Gasteiger partial charge in [-0.1, -0.05) is 18.2 Å². The topological polar surface area (TPSA) is 126 Å². The number of ether oxygens (including phenoxy) is 1. The number of hydrogen-bond acceptors (Lipinski definition) is 6. The minimum Gasteiger partial charge on any atom is -0.489 e. The molecule has 0 aliphatic carbocycles. The van der Waals surface area contributed by atoms with Gasteiger partial charge in [-0.15, -0.1) is 0 Å². The Balaban J connectivity index is 1.59. The zero-order valence-corrected chi connectivity index (χ0v) is 17.0. The van der Waals surface area contributed by atoms with Crippen molar-refractivity contribution in [2.75, 3.05) is 13.1 Å². The van der Waals surface area contributed by atoms with Gasteiger partial charge in [0.05, 0.1) is 0 Å². The monoisotopic (exact) mass is 425 g/mol. The van der Waals surface area contributed by atoms with Crippen LogP contribution in [-0.4, -0.2) is 51.6 Å². The van der Waals surface area contributed by atoms with Crippen LogP contribution in [0.4, 0.5) is 0 Å². The van der Waals surface area contributed by atoms with E-state index in [1.165, 1.54) is 4.90 Å². The molecule has 162 valence electrons. The summed E-state index contributed by atoms with van der Waals surface area (Å²) < 4.78 is 5.78. The van der Waals surface area contributed by atoms with E-state index in [0.29, 0.717) is 12.4 Å². The molecule has 1 aromatic carbocycles. The van der Waals surface area contributed by atoms with E-state index in [1.54, 1.807) is 18.3 Å². The molecule has 2 amide bonds. The fourth-order valence-electron chi connectivity index (χ4n) is 3.24. The summed E-state index contributed by atoms with van der Waals surface area (Å²) in [7, 11) is 0. The number of piperidine rings is 1. The van der Waals surface area contributed by atoms with Gasteiger partial charge in [0.2, 0.25) is 11.8 Å². The minimum atomic E-state index is -1.50. The van der Waals surface area contributed by atoms with Crippen molar-refractivity contribution >= 4 is 23.6 Å². The predicted octanol–water partition coefficient (Wildman–Crippen LogP) is 1.09. The van der Waals surface area contributed by atoms with Gasteiger partial charge in [-0.3, -0.25) is 24.2 Å².